The minimum atomic E-state index is -1.07. The molecule has 0 aromatic rings. The Labute approximate surface area is 118 Å². The van der Waals surface area contributed by atoms with E-state index in [2.05, 4.69) is 10.6 Å². The quantitative estimate of drug-likeness (QED) is 0.699. The topological polar surface area (TPSA) is 98.7 Å². The fourth-order valence-electron chi connectivity index (χ4n) is 2.14. The van der Waals surface area contributed by atoms with Gasteiger partial charge in [0.1, 0.15) is 6.04 Å². The van der Waals surface area contributed by atoms with Crippen molar-refractivity contribution < 1.29 is 19.5 Å². The summed E-state index contributed by atoms with van der Waals surface area (Å²) in [6.07, 6.45) is 0.965. The van der Waals surface area contributed by atoms with E-state index in [0.717, 1.165) is 0 Å². The van der Waals surface area contributed by atoms with Crippen LogP contribution < -0.4 is 10.6 Å². The molecule has 2 atom stereocenters. The maximum atomic E-state index is 11.9. The lowest BCUT2D eigenvalue weighted by molar-refractivity contribution is -0.141. The van der Waals surface area contributed by atoms with Crippen LogP contribution in [-0.2, 0) is 9.59 Å². The van der Waals surface area contributed by atoms with Crippen LogP contribution in [0, 0.1) is 5.41 Å². The summed E-state index contributed by atoms with van der Waals surface area (Å²) in [5.74, 6) is -1.01. The van der Waals surface area contributed by atoms with E-state index in [-0.39, 0.29) is 11.9 Å². The first-order valence-electron chi connectivity index (χ1n) is 6.65. The van der Waals surface area contributed by atoms with E-state index < -0.39 is 23.5 Å². The molecule has 0 radical (unpaired) electrons. The van der Waals surface area contributed by atoms with E-state index >= 15 is 0 Å². The molecule has 0 saturated carbocycles. The number of nitrogens with one attached hydrogen (secondary N) is 2. The Morgan fingerprint density at radius 3 is 2.45 bits per heavy atom. The van der Waals surface area contributed by atoms with E-state index in [0.29, 0.717) is 19.4 Å². The number of carbonyl (C=O) groups is 3. The maximum absolute atomic E-state index is 11.9. The van der Waals surface area contributed by atoms with Gasteiger partial charge in [0.2, 0.25) is 5.91 Å². The third kappa shape index (κ3) is 4.40. The van der Waals surface area contributed by atoms with Gasteiger partial charge in [-0.3, -0.25) is 4.79 Å². The van der Waals surface area contributed by atoms with Crippen molar-refractivity contribution in [3.63, 3.8) is 0 Å². The summed E-state index contributed by atoms with van der Waals surface area (Å²) in [4.78, 5) is 36.0. The summed E-state index contributed by atoms with van der Waals surface area (Å²) >= 11 is 0. The van der Waals surface area contributed by atoms with Gasteiger partial charge in [-0.15, -0.1) is 0 Å². The number of likely N-dealkylation sites (tertiary alicyclic amines) is 1. The number of rotatable bonds is 3. The summed E-state index contributed by atoms with van der Waals surface area (Å²) in [5, 5.41) is 14.3. The van der Waals surface area contributed by atoms with E-state index in [1.165, 1.54) is 0 Å². The van der Waals surface area contributed by atoms with Crippen LogP contribution in [0.4, 0.5) is 4.79 Å². The Kier molecular flexibility index (Phi) is 4.97. The van der Waals surface area contributed by atoms with Crippen molar-refractivity contribution in [1.82, 2.24) is 15.5 Å². The Bertz CT molecular complexity index is 403. The van der Waals surface area contributed by atoms with Crippen LogP contribution in [0.25, 0.3) is 0 Å². The van der Waals surface area contributed by atoms with Gasteiger partial charge in [-0.05, 0) is 11.8 Å². The minimum absolute atomic E-state index is 0.0570. The van der Waals surface area contributed by atoms with Gasteiger partial charge in [0.05, 0.1) is 0 Å². The first-order valence-corrected chi connectivity index (χ1v) is 6.65. The molecule has 0 aromatic carbocycles. The third-order valence-corrected chi connectivity index (χ3v) is 3.35. The van der Waals surface area contributed by atoms with Crippen LogP contribution in [0.3, 0.4) is 0 Å². The zero-order valence-electron chi connectivity index (χ0n) is 12.4. The lowest BCUT2D eigenvalue weighted by Crippen LogP contribution is -2.56. The van der Waals surface area contributed by atoms with Crippen molar-refractivity contribution in [2.24, 2.45) is 5.41 Å². The highest BCUT2D eigenvalue weighted by Gasteiger charge is 2.33. The average molecular weight is 285 g/mol. The molecule has 0 bridgehead atoms. The molecule has 3 N–H and O–H groups in total. The second-order valence-corrected chi connectivity index (χ2v) is 6.26. The van der Waals surface area contributed by atoms with Gasteiger partial charge in [0, 0.05) is 26.1 Å². The summed E-state index contributed by atoms with van der Waals surface area (Å²) < 4.78 is 0. The van der Waals surface area contributed by atoms with Gasteiger partial charge in [0.15, 0.2) is 0 Å². The zero-order valence-corrected chi connectivity index (χ0v) is 12.4. The highest BCUT2D eigenvalue weighted by molar-refractivity contribution is 5.83. The summed E-state index contributed by atoms with van der Waals surface area (Å²) in [7, 11) is 1.68. The summed E-state index contributed by atoms with van der Waals surface area (Å²) in [6, 6.07) is -1.63. The number of likely N-dealkylation sites (N-methyl/N-ethyl adjacent to an activating group) is 1. The number of urea groups is 1. The number of piperidine rings is 1. The van der Waals surface area contributed by atoms with Crippen LogP contribution in [0.2, 0.25) is 0 Å². The molecule has 114 valence electrons. The molecule has 20 heavy (non-hydrogen) atoms. The Balaban J connectivity index is 2.55. The number of nitrogens with zero attached hydrogens (tertiary/aromatic N) is 1. The SMILES string of the molecule is CN1CC(NC(=O)N[C@@H](C(=O)O)C(C)(C)C)CCC1=O. The Morgan fingerprint density at radius 1 is 1.40 bits per heavy atom. The minimum Gasteiger partial charge on any atom is -0.480 e. The number of hydrogen-bond acceptors (Lipinski definition) is 3. The first-order chi connectivity index (χ1) is 9.11. The van der Waals surface area contributed by atoms with Gasteiger partial charge >= 0.3 is 12.0 Å². The fraction of sp³-hybridized carbons (Fsp3) is 0.769. The third-order valence-electron chi connectivity index (χ3n) is 3.35. The molecule has 1 aliphatic heterocycles. The van der Waals surface area contributed by atoms with Crippen LogP contribution >= 0.6 is 0 Å². The van der Waals surface area contributed by atoms with Gasteiger partial charge < -0.3 is 20.6 Å². The van der Waals surface area contributed by atoms with Crippen LogP contribution in [-0.4, -0.2) is 53.6 Å². The summed E-state index contributed by atoms with van der Waals surface area (Å²) in [5.41, 5.74) is -0.581. The van der Waals surface area contributed by atoms with Crippen molar-refractivity contribution in [3.8, 4) is 0 Å². The number of aliphatic carboxylic acids is 1. The predicted octanol–water partition coefficient (Wildman–Crippen LogP) is 0.406. The zero-order chi connectivity index (χ0) is 15.5. The maximum Gasteiger partial charge on any atom is 0.326 e. The van der Waals surface area contributed by atoms with Crippen LogP contribution in [0.5, 0.6) is 0 Å². The van der Waals surface area contributed by atoms with E-state index in [9.17, 15) is 14.4 Å². The van der Waals surface area contributed by atoms with Crippen molar-refractivity contribution >= 4 is 17.9 Å². The molecule has 1 fully saturated rings. The molecule has 1 heterocycles. The Morgan fingerprint density at radius 2 is 2.00 bits per heavy atom. The fourth-order valence-corrected chi connectivity index (χ4v) is 2.14. The molecular formula is C13H23N3O4. The van der Waals surface area contributed by atoms with Crippen molar-refractivity contribution in [2.45, 2.75) is 45.7 Å². The highest BCUT2D eigenvalue weighted by atomic mass is 16.4. The number of carboxylic acids is 1. The van der Waals surface area contributed by atoms with Crippen molar-refractivity contribution in [3.05, 3.63) is 0 Å². The number of hydrogen-bond donors (Lipinski definition) is 3. The van der Waals surface area contributed by atoms with Crippen LogP contribution in [0.1, 0.15) is 33.6 Å². The summed E-state index contributed by atoms with van der Waals surface area (Å²) in [6.45, 7) is 5.69. The van der Waals surface area contributed by atoms with Gasteiger partial charge in [0.25, 0.3) is 0 Å². The van der Waals surface area contributed by atoms with Crippen LogP contribution in [0.15, 0.2) is 0 Å². The first kappa shape index (κ1) is 16.3. The lowest BCUT2D eigenvalue weighted by atomic mass is 9.87. The van der Waals surface area contributed by atoms with Crippen molar-refractivity contribution in [1.29, 1.82) is 0 Å². The van der Waals surface area contributed by atoms with E-state index in [4.69, 9.17) is 5.11 Å². The second kappa shape index (κ2) is 6.11. The Hall–Kier alpha value is -1.79. The molecule has 0 aliphatic carbocycles. The molecule has 7 nitrogen and oxygen atoms in total. The molecule has 3 amide bonds. The normalized spacial score (nSPS) is 21.3. The van der Waals surface area contributed by atoms with Gasteiger partial charge in [-0.25, -0.2) is 9.59 Å². The molecule has 1 unspecified atom stereocenters. The average Bonchev–Trinajstić information content (AvgIpc) is 2.29. The molecule has 1 saturated heterocycles. The molecule has 7 heteroatoms. The largest absolute Gasteiger partial charge is 0.480 e. The molecule has 1 aliphatic rings. The smallest absolute Gasteiger partial charge is 0.326 e. The number of carbonyl (C=O) groups excluding carboxylic acids is 2. The number of amides is 3. The van der Waals surface area contributed by atoms with E-state index in [1.807, 2.05) is 0 Å². The van der Waals surface area contributed by atoms with Crippen molar-refractivity contribution in [2.75, 3.05) is 13.6 Å². The molecular weight excluding hydrogens is 262 g/mol. The lowest BCUT2D eigenvalue weighted by Gasteiger charge is -2.32. The van der Waals surface area contributed by atoms with Gasteiger partial charge in [-0.1, -0.05) is 20.8 Å². The van der Waals surface area contributed by atoms with E-state index in [1.54, 1.807) is 32.7 Å². The molecule has 1 rings (SSSR count). The predicted molar refractivity (Wildman–Crippen MR) is 73.2 cm³/mol. The monoisotopic (exact) mass is 285 g/mol. The molecule has 0 aromatic heterocycles. The van der Waals surface area contributed by atoms with Gasteiger partial charge in [-0.2, -0.15) is 0 Å². The number of carboxylic acid groups (broad SMARTS) is 1. The molecule has 0 spiro atoms. The second-order valence-electron chi connectivity index (χ2n) is 6.26. The standard InChI is InChI=1S/C13H23N3O4/c1-13(2,3)10(11(18)19)15-12(20)14-8-5-6-9(17)16(4)7-8/h8,10H,5-7H2,1-4H3,(H,18,19)(H2,14,15,20)/t8?,10-/m0/s1. The highest BCUT2D eigenvalue weighted by Crippen LogP contribution is 2.19.